The van der Waals surface area contributed by atoms with Gasteiger partial charge >= 0.3 is 35.2 Å². The number of diazo groups is 1. The maximum absolute atomic E-state index is 11.7. The Morgan fingerprint density at radius 1 is 1.11 bits per heavy atom. The van der Waals surface area contributed by atoms with Gasteiger partial charge in [0, 0.05) is 6.07 Å². The van der Waals surface area contributed by atoms with Crippen LogP contribution in [0.1, 0.15) is 0 Å². The molecule has 0 saturated carbocycles. The molecule has 0 atom stereocenters. The maximum atomic E-state index is 11.7. The summed E-state index contributed by atoms with van der Waals surface area (Å²) >= 11 is 0. The Kier molecular flexibility index (Phi) is 4.32. The Hall–Kier alpha value is -1.17. The summed E-state index contributed by atoms with van der Waals surface area (Å²) in [4.78, 5) is 2.31. The van der Waals surface area contributed by atoms with E-state index in [0.717, 1.165) is 12.1 Å². The molecule has 0 aliphatic carbocycles. The summed E-state index contributed by atoms with van der Waals surface area (Å²) < 4.78 is 32.9. The fraction of sp³-hybridized carbons (Fsp3) is 0. The minimum atomic E-state index is -4.65. The Morgan fingerprint density at radius 3 is 2.33 bits per heavy atom. The molecule has 18 heavy (non-hydrogen) atoms. The second-order valence-electron chi connectivity index (χ2n) is 3.32. The molecule has 0 spiro atoms. The van der Waals surface area contributed by atoms with E-state index in [1.807, 2.05) is 0 Å². The number of hydrogen-bond acceptors (Lipinski definition) is 5. The van der Waals surface area contributed by atoms with Crippen molar-refractivity contribution in [1.82, 2.24) is 0 Å². The second kappa shape index (κ2) is 5.22. The number of fused-ring (bicyclic) bond motifs is 1. The van der Waals surface area contributed by atoms with E-state index in [9.17, 15) is 18.1 Å². The third kappa shape index (κ3) is 2.48. The van der Waals surface area contributed by atoms with Crippen LogP contribution in [0.2, 0.25) is 0 Å². The van der Waals surface area contributed by atoms with Gasteiger partial charge in [-0.15, -0.1) is 0 Å². The first-order valence-electron chi connectivity index (χ1n) is 4.49. The summed E-state index contributed by atoms with van der Waals surface area (Å²) in [6.45, 7) is 0. The fourth-order valence-electron chi connectivity index (χ4n) is 1.59. The van der Waals surface area contributed by atoms with Crippen molar-refractivity contribution in [3.05, 3.63) is 35.3 Å². The third-order valence-electron chi connectivity index (χ3n) is 2.33. The van der Waals surface area contributed by atoms with Gasteiger partial charge in [-0.3, -0.25) is 0 Å². The minimum absolute atomic E-state index is 0. The van der Waals surface area contributed by atoms with Crippen LogP contribution in [-0.4, -0.2) is 13.0 Å². The van der Waals surface area contributed by atoms with E-state index in [0.29, 0.717) is 0 Å². The molecule has 0 aromatic heterocycles. The summed E-state index contributed by atoms with van der Waals surface area (Å²) in [5.41, 5.74) is -0.210. The van der Waals surface area contributed by atoms with Gasteiger partial charge in [0.1, 0.15) is 10.1 Å². The molecule has 2 aromatic carbocycles. The van der Waals surface area contributed by atoms with Gasteiger partial charge in [-0.1, -0.05) is 12.1 Å². The second-order valence-corrected chi connectivity index (χ2v) is 4.67. The largest absolute Gasteiger partial charge is 1.00 e. The van der Waals surface area contributed by atoms with E-state index in [4.69, 9.17) is 5.39 Å². The zero-order valence-corrected chi connectivity index (χ0v) is 12.1. The molecule has 2 rings (SSSR count). The molecule has 0 saturated heterocycles. The van der Waals surface area contributed by atoms with Gasteiger partial charge in [0.15, 0.2) is 4.98 Å². The van der Waals surface area contributed by atoms with Gasteiger partial charge < -0.3 is 9.66 Å². The molecular formula is C10H5N2NaO4S. The first-order valence-corrected chi connectivity index (χ1v) is 5.89. The van der Waals surface area contributed by atoms with Gasteiger partial charge in [0.2, 0.25) is 5.39 Å². The van der Waals surface area contributed by atoms with Crippen LogP contribution in [0, 0.1) is 5.39 Å². The summed E-state index contributed by atoms with van der Waals surface area (Å²) in [6, 6.07) is 6.19. The van der Waals surface area contributed by atoms with Crippen molar-refractivity contribution in [2.24, 2.45) is 0 Å². The van der Waals surface area contributed by atoms with Gasteiger partial charge in [0.25, 0.3) is 0 Å². The zero-order valence-electron chi connectivity index (χ0n) is 9.32. The molecule has 0 N–H and O–H groups in total. The van der Waals surface area contributed by atoms with E-state index in [2.05, 4.69) is 4.98 Å². The maximum Gasteiger partial charge on any atom is 1.00 e. The van der Waals surface area contributed by atoms with E-state index < -0.39 is 20.8 Å². The summed E-state index contributed by atoms with van der Waals surface area (Å²) in [7, 11) is -4.65. The Balaban J connectivity index is 0.00000162. The smallest absolute Gasteiger partial charge is 0.867 e. The molecule has 0 amide bonds. The normalized spacial score (nSPS) is 10.7. The first-order chi connectivity index (χ1) is 7.95. The van der Waals surface area contributed by atoms with Gasteiger partial charge in [0.05, 0.1) is 4.90 Å². The molecule has 0 radical (unpaired) electrons. The molecule has 8 heteroatoms. The van der Waals surface area contributed by atoms with Crippen LogP contribution in [0.15, 0.2) is 35.2 Å². The summed E-state index contributed by atoms with van der Waals surface area (Å²) in [5.74, 6) is -0.629. The Labute approximate surface area is 125 Å². The molecule has 0 bridgehead atoms. The van der Waals surface area contributed by atoms with Crippen molar-refractivity contribution in [3.63, 3.8) is 0 Å². The SMILES string of the molecule is N#[N+]c1ccc2c(S(=O)(=O)[O-])cccc2c1[O-].[Na+]. The number of benzene rings is 2. The molecule has 2 aromatic rings. The molecule has 0 heterocycles. The predicted octanol–water partition coefficient (Wildman–Crippen LogP) is -1.69. The monoisotopic (exact) mass is 272 g/mol. The van der Waals surface area contributed by atoms with Gasteiger partial charge in [-0.05, 0) is 28.7 Å². The number of rotatable bonds is 1. The average Bonchev–Trinajstić information content (AvgIpc) is 2.28. The molecule has 0 aliphatic rings. The predicted molar refractivity (Wildman–Crippen MR) is 56.1 cm³/mol. The molecule has 0 aliphatic heterocycles. The standard InChI is InChI=1S/C10H6N2O4S.Na/c11-12-8-5-4-6-7(10(8)13)2-1-3-9(6)17(14,15)16;/h1-5H,(H-,13,14,15,16);/q;+1/p-1. The average molecular weight is 272 g/mol. The van der Waals surface area contributed by atoms with Crippen LogP contribution < -0.4 is 34.7 Å². The van der Waals surface area contributed by atoms with E-state index >= 15 is 0 Å². The van der Waals surface area contributed by atoms with Crippen molar-refractivity contribution < 1.29 is 47.6 Å². The van der Waals surface area contributed by atoms with Gasteiger partial charge in [-0.25, -0.2) is 8.42 Å². The molecule has 86 valence electrons. The van der Waals surface area contributed by atoms with Crippen LogP contribution in [0.25, 0.3) is 15.7 Å². The van der Waals surface area contributed by atoms with Gasteiger partial charge in [-0.2, -0.15) is 0 Å². The third-order valence-corrected chi connectivity index (χ3v) is 3.22. The molecule has 6 nitrogen and oxygen atoms in total. The van der Waals surface area contributed by atoms with Crippen molar-refractivity contribution in [1.29, 1.82) is 5.39 Å². The molecule has 0 fully saturated rings. The van der Waals surface area contributed by atoms with E-state index in [-0.39, 0.29) is 46.0 Å². The van der Waals surface area contributed by atoms with E-state index in [1.54, 1.807) is 0 Å². The Morgan fingerprint density at radius 2 is 1.78 bits per heavy atom. The van der Waals surface area contributed by atoms with Crippen LogP contribution in [0.5, 0.6) is 5.75 Å². The van der Waals surface area contributed by atoms with Crippen LogP contribution >= 0.6 is 0 Å². The molecular weight excluding hydrogens is 267 g/mol. The first kappa shape index (κ1) is 14.9. The number of hydrogen-bond donors (Lipinski definition) is 0. The van der Waals surface area contributed by atoms with Crippen molar-refractivity contribution in [2.45, 2.75) is 4.90 Å². The fourth-order valence-corrected chi connectivity index (χ4v) is 2.28. The Bertz CT molecular complexity index is 752. The van der Waals surface area contributed by atoms with Crippen LogP contribution in [0.3, 0.4) is 0 Å². The number of nitrogens with zero attached hydrogens (tertiary/aromatic N) is 2. The summed E-state index contributed by atoms with van der Waals surface area (Å²) in [6.07, 6.45) is 0. The van der Waals surface area contributed by atoms with Crippen molar-refractivity contribution in [2.75, 3.05) is 0 Å². The van der Waals surface area contributed by atoms with Crippen LogP contribution in [-0.2, 0) is 10.1 Å². The van der Waals surface area contributed by atoms with Crippen LogP contribution in [0.4, 0.5) is 5.69 Å². The zero-order chi connectivity index (χ0) is 12.6. The quantitative estimate of drug-likeness (QED) is 0.349. The minimum Gasteiger partial charge on any atom is -0.867 e. The van der Waals surface area contributed by atoms with Crippen molar-refractivity contribution >= 4 is 26.6 Å². The van der Waals surface area contributed by atoms with Crippen molar-refractivity contribution in [3.8, 4) is 5.75 Å². The molecule has 0 unspecified atom stereocenters. The van der Waals surface area contributed by atoms with E-state index in [1.165, 1.54) is 18.2 Å². The topological polar surface area (TPSA) is 108 Å². The summed E-state index contributed by atoms with van der Waals surface area (Å²) in [5, 5.41) is 20.3.